The van der Waals surface area contributed by atoms with Gasteiger partial charge >= 0.3 is 0 Å². The molecule has 1 aromatic heterocycles. The normalized spacial score (nSPS) is 15.3. The van der Waals surface area contributed by atoms with Gasteiger partial charge in [0.05, 0.1) is 22.7 Å². The Balaban J connectivity index is 1.55. The number of ketones is 1. The highest BCUT2D eigenvalue weighted by molar-refractivity contribution is 7.99. The Morgan fingerprint density at radius 3 is 2.48 bits per heavy atom. The first kappa shape index (κ1) is 23.2. The van der Waals surface area contributed by atoms with E-state index in [-0.39, 0.29) is 35.1 Å². The molecule has 1 unspecified atom stereocenters. The second kappa shape index (κ2) is 10.3. The minimum atomic E-state index is -0.118. The number of benzene rings is 2. The number of fused-ring (bicyclic) bond motifs is 1. The standard InChI is InChI=1S/C26H29N3O3S/c1-17(27-18(2)30)19-12-14-20(15-13-19)24(31)16-33-26-28-23-11-7-6-10-22(23)25(32)29(26)21-8-4-3-5-9-21/h6-7,10-15,17,21H,3-5,8-9,16H2,1-2H3,(H,27,30). The highest BCUT2D eigenvalue weighted by Gasteiger charge is 2.22. The van der Waals surface area contributed by atoms with Crippen LogP contribution in [-0.4, -0.2) is 27.0 Å². The van der Waals surface area contributed by atoms with E-state index in [0.717, 1.165) is 31.2 Å². The summed E-state index contributed by atoms with van der Waals surface area (Å²) in [6.07, 6.45) is 5.35. The van der Waals surface area contributed by atoms with Gasteiger partial charge in [-0.25, -0.2) is 4.98 Å². The van der Waals surface area contributed by atoms with Crippen molar-refractivity contribution in [2.75, 3.05) is 5.75 Å². The molecule has 6 nitrogen and oxygen atoms in total. The molecule has 1 aliphatic rings. The molecule has 0 bridgehead atoms. The van der Waals surface area contributed by atoms with Crippen LogP contribution in [0.15, 0.2) is 58.5 Å². The quantitative estimate of drug-likeness (QED) is 0.300. The molecule has 172 valence electrons. The Bertz CT molecular complexity index is 1210. The third kappa shape index (κ3) is 5.36. The van der Waals surface area contributed by atoms with Crippen LogP contribution in [0.1, 0.15) is 74.0 Å². The van der Waals surface area contributed by atoms with E-state index in [1.54, 1.807) is 12.1 Å². The van der Waals surface area contributed by atoms with Crippen LogP contribution >= 0.6 is 11.8 Å². The molecule has 0 aliphatic heterocycles. The van der Waals surface area contributed by atoms with Crippen molar-refractivity contribution < 1.29 is 9.59 Å². The van der Waals surface area contributed by atoms with Gasteiger partial charge in [0.2, 0.25) is 5.91 Å². The van der Waals surface area contributed by atoms with E-state index in [1.165, 1.54) is 25.1 Å². The number of para-hydroxylation sites is 1. The fraction of sp³-hybridized carbons (Fsp3) is 0.385. The number of nitrogens with one attached hydrogen (secondary N) is 1. The lowest BCUT2D eigenvalue weighted by Crippen LogP contribution is -2.29. The molecule has 1 heterocycles. The summed E-state index contributed by atoms with van der Waals surface area (Å²) in [5.74, 6) is 0.0974. The van der Waals surface area contributed by atoms with Crippen molar-refractivity contribution in [3.63, 3.8) is 0 Å². The molecule has 1 saturated carbocycles. The molecular weight excluding hydrogens is 434 g/mol. The fourth-order valence-corrected chi connectivity index (χ4v) is 5.41. The number of aromatic nitrogens is 2. The van der Waals surface area contributed by atoms with Gasteiger partial charge in [0.15, 0.2) is 10.9 Å². The zero-order valence-corrected chi connectivity index (χ0v) is 19.9. The Hall–Kier alpha value is -2.93. The van der Waals surface area contributed by atoms with Crippen molar-refractivity contribution in [1.29, 1.82) is 0 Å². The zero-order valence-electron chi connectivity index (χ0n) is 19.0. The lowest BCUT2D eigenvalue weighted by atomic mass is 9.95. The molecule has 0 radical (unpaired) electrons. The van der Waals surface area contributed by atoms with Crippen molar-refractivity contribution in [3.05, 3.63) is 70.0 Å². The van der Waals surface area contributed by atoms with Crippen molar-refractivity contribution in [3.8, 4) is 0 Å². The number of carbonyl (C=O) groups is 2. The Morgan fingerprint density at radius 2 is 1.79 bits per heavy atom. The molecule has 1 fully saturated rings. The van der Waals surface area contributed by atoms with Gasteiger partial charge in [-0.15, -0.1) is 0 Å². The molecule has 1 aliphatic carbocycles. The van der Waals surface area contributed by atoms with Crippen LogP contribution in [0.25, 0.3) is 10.9 Å². The summed E-state index contributed by atoms with van der Waals surface area (Å²) in [5.41, 5.74) is 2.20. The Kier molecular flexibility index (Phi) is 7.28. The van der Waals surface area contributed by atoms with E-state index in [0.29, 0.717) is 21.6 Å². The topological polar surface area (TPSA) is 81.1 Å². The minimum absolute atomic E-state index is 0.0150. The zero-order chi connectivity index (χ0) is 23.4. The smallest absolute Gasteiger partial charge is 0.262 e. The second-order valence-electron chi connectivity index (χ2n) is 8.63. The van der Waals surface area contributed by atoms with Crippen LogP contribution in [-0.2, 0) is 4.79 Å². The number of rotatable bonds is 7. The van der Waals surface area contributed by atoms with Crippen LogP contribution in [0.2, 0.25) is 0 Å². The van der Waals surface area contributed by atoms with Gasteiger partial charge in [-0.3, -0.25) is 19.0 Å². The molecule has 3 aromatic rings. The van der Waals surface area contributed by atoms with Crippen molar-refractivity contribution in [1.82, 2.24) is 14.9 Å². The highest BCUT2D eigenvalue weighted by Crippen LogP contribution is 2.31. The maximum atomic E-state index is 13.3. The van der Waals surface area contributed by atoms with E-state index in [4.69, 9.17) is 4.98 Å². The lowest BCUT2D eigenvalue weighted by molar-refractivity contribution is -0.119. The maximum absolute atomic E-state index is 13.3. The molecular formula is C26H29N3O3S. The molecule has 1 atom stereocenters. The molecule has 33 heavy (non-hydrogen) atoms. The van der Waals surface area contributed by atoms with Gasteiger partial charge in [-0.05, 0) is 37.5 Å². The largest absolute Gasteiger partial charge is 0.350 e. The molecule has 0 spiro atoms. The fourth-order valence-electron chi connectivity index (χ4n) is 4.45. The van der Waals surface area contributed by atoms with Gasteiger partial charge in [-0.1, -0.05) is 67.4 Å². The first-order valence-corrected chi connectivity index (χ1v) is 12.5. The molecule has 2 aromatic carbocycles. The Morgan fingerprint density at radius 1 is 1.09 bits per heavy atom. The van der Waals surface area contributed by atoms with E-state index in [2.05, 4.69) is 5.32 Å². The lowest BCUT2D eigenvalue weighted by Gasteiger charge is -2.26. The van der Waals surface area contributed by atoms with Crippen LogP contribution in [0.3, 0.4) is 0 Å². The van der Waals surface area contributed by atoms with Crippen molar-refractivity contribution >= 4 is 34.4 Å². The molecule has 0 saturated heterocycles. The van der Waals surface area contributed by atoms with Gasteiger partial charge in [0, 0.05) is 18.5 Å². The predicted molar refractivity (Wildman–Crippen MR) is 132 cm³/mol. The van der Waals surface area contributed by atoms with E-state index < -0.39 is 0 Å². The van der Waals surface area contributed by atoms with Gasteiger partial charge in [0.1, 0.15) is 0 Å². The summed E-state index contributed by atoms with van der Waals surface area (Å²) in [4.78, 5) is 42.3. The van der Waals surface area contributed by atoms with Crippen LogP contribution < -0.4 is 10.9 Å². The summed E-state index contributed by atoms with van der Waals surface area (Å²) in [7, 11) is 0. The number of amides is 1. The summed E-state index contributed by atoms with van der Waals surface area (Å²) < 4.78 is 1.83. The van der Waals surface area contributed by atoms with Gasteiger partial charge in [0.25, 0.3) is 5.56 Å². The summed E-state index contributed by atoms with van der Waals surface area (Å²) in [6, 6.07) is 14.7. The summed E-state index contributed by atoms with van der Waals surface area (Å²) in [5, 5.41) is 4.09. The third-order valence-electron chi connectivity index (χ3n) is 6.20. The monoisotopic (exact) mass is 463 g/mol. The minimum Gasteiger partial charge on any atom is -0.350 e. The number of carbonyl (C=O) groups excluding carboxylic acids is 2. The molecule has 1 N–H and O–H groups in total. The summed E-state index contributed by atoms with van der Waals surface area (Å²) in [6.45, 7) is 3.39. The average molecular weight is 464 g/mol. The third-order valence-corrected chi connectivity index (χ3v) is 7.15. The number of thioether (sulfide) groups is 1. The molecule has 1 amide bonds. The van der Waals surface area contributed by atoms with E-state index in [1.807, 2.05) is 47.9 Å². The van der Waals surface area contributed by atoms with Crippen LogP contribution in [0.5, 0.6) is 0 Å². The first-order valence-electron chi connectivity index (χ1n) is 11.5. The van der Waals surface area contributed by atoms with Gasteiger partial charge < -0.3 is 5.32 Å². The predicted octanol–water partition coefficient (Wildman–Crippen LogP) is 5.07. The highest BCUT2D eigenvalue weighted by atomic mass is 32.2. The summed E-state index contributed by atoms with van der Waals surface area (Å²) >= 11 is 1.34. The molecule has 7 heteroatoms. The number of hydrogen-bond acceptors (Lipinski definition) is 5. The van der Waals surface area contributed by atoms with Crippen LogP contribution in [0.4, 0.5) is 0 Å². The Labute approximate surface area is 197 Å². The van der Waals surface area contributed by atoms with Crippen molar-refractivity contribution in [2.45, 2.75) is 63.2 Å². The first-order chi connectivity index (χ1) is 15.9. The SMILES string of the molecule is CC(=O)NC(C)c1ccc(C(=O)CSc2nc3ccccc3c(=O)n2C2CCCCC2)cc1. The second-order valence-corrected chi connectivity index (χ2v) is 9.58. The van der Waals surface area contributed by atoms with Gasteiger partial charge in [-0.2, -0.15) is 0 Å². The van der Waals surface area contributed by atoms with E-state index >= 15 is 0 Å². The number of hydrogen-bond donors (Lipinski definition) is 1. The van der Waals surface area contributed by atoms with E-state index in [9.17, 15) is 14.4 Å². The maximum Gasteiger partial charge on any atom is 0.262 e. The van der Waals surface area contributed by atoms with Crippen LogP contribution in [0, 0.1) is 0 Å². The average Bonchev–Trinajstić information content (AvgIpc) is 2.83. The van der Waals surface area contributed by atoms with Crippen molar-refractivity contribution in [2.24, 2.45) is 0 Å². The molecule has 4 rings (SSSR count). The number of Topliss-reactive ketones (excluding diaryl/α,β-unsaturated/α-hetero) is 1. The number of nitrogens with zero attached hydrogens (tertiary/aromatic N) is 2.